The molecule has 0 aliphatic carbocycles. The molecule has 8 nitrogen and oxygen atoms in total. The Balaban J connectivity index is 0.00000259. The number of carbonyl (C=O) groups excluding carboxylic acids is 1. The highest BCUT2D eigenvalue weighted by molar-refractivity contribution is 6.04. The number of methoxy groups -OCH3 is 1. The zero-order chi connectivity index (χ0) is 22.1. The molecule has 1 aliphatic rings. The number of ether oxygens (including phenoxy) is 1. The molecule has 5 rings (SSSR count). The Morgan fingerprint density at radius 1 is 1.18 bits per heavy atom. The molecule has 1 fully saturated rings. The highest BCUT2D eigenvalue weighted by Crippen LogP contribution is 2.35. The van der Waals surface area contributed by atoms with Crippen molar-refractivity contribution in [1.82, 2.24) is 19.6 Å². The van der Waals surface area contributed by atoms with E-state index >= 15 is 0 Å². The molecule has 4 aromatic rings. The fourth-order valence-corrected chi connectivity index (χ4v) is 4.05. The number of aromatic nitrogens is 4. The number of amides is 1. The minimum Gasteiger partial charge on any atom is -0.481 e. The third-order valence-electron chi connectivity index (χ3n) is 5.55. The maximum atomic E-state index is 13.8. The van der Waals surface area contributed by atoms with Gasteiger partial charge in [-0.05, 0) is 42.7 Å². The van der Waals surface area contributed by atoms with Gasteiger partial charge in [-0.2, -0.15) is 5.10 Å². The number of halogens is 2. The SMILES string of the molecule is COc1cccc(C(=O)Nc2cnn3ccc(N4CCC[C@@H]4c4cccc(F)c4)nc23)n1.Cl. The van der Waals surface area contributed by atoms with Crippen LogP contribution in [0.5, 0.6) is 5.88 Å². The highest BCUT2D eigenvalue weighted by Gasteiger charge is 2.28. The molecular weight excluding hydrogens is 447 g/mol. The van der Waals surface area contributed by atoms with E-state index in [2.05, 4.69) is 20.3 Å². The van der Waals surface area contributed by atoms with Gasteiger partial charge in [-0.25, -0.2) is 18.9 Å². The summed E-state index contributed by atoms with van der Waals surface area (Å²) in [5.74, 6) is 0.477. The molecule has 0 unspecified atom stereocenters. The molecule has 33 heavy (non-hydrogen) atoms. The molecule has 1 atom stereocenters. The van der Waals surface area contributed by atoms with Gasteiger partial charge in [-0.15, -0.1) is 12.4 Å². The Hall–Kier alpha value is -3.72. The van der Waals surface area contributed by atoms with Gasteiger partial charge >= 0.3 is 0 Å². The van der Waals surface area contributed by atoms with Crippen LogP contribution >= 0.6 is 12.4 Å². The van der Waals surface area contributed by atoms with Crippen molar-refractivity contribution >= 4 is 35.5 Å². The summed E-state index contributed by atoms with van der Waals surface area (Å²) in [5, 5.41) is 7.11. The first-order chi connectivity index (χ1) is 15.6. The van der Waals surface area contributed by atoms with Crippen LogP contribution in [0.15, 0.2) is 60.9 Å². The first-order valence-corrected chi connectivity index (χ1v) is 10.3. The number of nitrogens with one attached hydrogen (secondary N) is 1. The standard InChI is InChI=1S/C23H21FN6O2.ClH/c1-32-21-9-3-7-17(26-21)23(31)27-18-14-25-30-12-10-20(28-22(18)30)29-11-4-8-19(29)15-5-2-6-16(24)13-15;/h2-3,5-7,9-10,12-14,19H,4,8,11H2,1H3,(H,27,31);1H/t19-;/m1./s1. The largest absolute Gasteiger partial charge is 0.481 e. The molecule has 3 aromatic heterocycles. The number of carbonyl (C=O) groups is 1. The Morgan fingerprint density at radius 3 is 2.85 bits per heavy atom. The van der Waals surface area contributed by atoms with Crippen molar-refractivity contribution in [2.45, 2.75) is 18.9 Å². The first kappa shape index (κ1) is 22.5. The molecule has 1 aromatic carbocycles. The Labute approximate surface area is 195 Å². The third-order valence-corrected chi connectivity index (χ3v) is 5.55. The second-order valence-corrected chi connectivity index (χ2v) is 7.54. The maximum Gasteiger partial charge on any atom is 0.274 e. The summed E-state index contributed by atoms with van der Waals surface area (Å²) in [6.07, 6.45) is 5.26. The van der Waals surface area contributed by atoms with E-state index in [9.17, 15) is 9.18 Å². The van der Waals surface area contributed by atoms with Gasteiger partial charge in [0, 0.05) is 18.8 Å². The van der Waals surface area contributed by atoms with Crippen LogP contribution in [-0.4, -0.2) is 39.1 Å². The lowest BCUT2D eigenvalue weighted by molar-refractivity contribution is 0.102. The van der Waals surface area contributed by atoms with E-state index in [1.54, 1.807) is 47.2 Å². The number of fused-ring (bicyclic) bond motifs is 1. The van der Waals surface area contributed by atoms with E-state index in [-0.39, 0.29) is 35.9 Å². The Kier molecular flexibility index (Phi) is 6.41. The number of benzene rings is 1. The highest BCUT2D eigenvalue weighted by atomic mass is 35.5. The molecule has 170 valence electrons. The molecule has 0 saturated carbocycles. The van der Waals surface area contributed by atoms with Crippen LogP contribution < -0.4 is 15.0 Å². The topological polar surface area (TPSA) is 84.6 Å². The lowest BCUT2D eigenvalue weighted by Gasteiger charge is -2.26. The van der Waals surface area contributed by atoms with E-state index in [0.29, 0.717) is 17.2 Å². The number of nitrogens with zero attached hydrogens (tertiary/aromatic N) is 5. The summed E-state index contributed by atoms with van der Waals surface area (Å²) in [6, 6.07) is 13.6. The summed E-state index contributed by atoms with van der Waals surface area (Å²) >= 11 is 0. The number of anilines is 2. The lowest BCUT2D eigenvalue weighted by Crippen LogP contribution is -2.24. The van der Waals surface area contributed by atoms with Crippen molar-refractivity contribution in [1.29, 1.82) is 0 Å². The third kappa shape index (κ3) is 4.45. The molecule has 4 heterocycles. The zero-order valence-corrected chi connectivity index (χ0v) is 18.6. The average Bonchev–Trinajstić information content (AvgIpc) is 3.46. The van der Waals surface area contributed by atoms with Gasteiger partial charge < -0.3 is 15.0 Å². The summed E-state index contributed by atoms with van der Waals surface area (Å²) in [4.78, 5) is 23.8. The van der Waals surface area contributed by atoms with Crippen molar-refractivity contribution in [3.63, 3.8) is 0 Å². The van der Waals surface area contributed by atoms with Crippen LogP contribution in [0.25, 0.3) is 5.65 Å². The first-order valence-electron chi connectivity index (χ1n) is 10.3. The maximum absolute atomic E-state index is 13.8. The second kappa shape index (κ2) is 9.41. The van der Waals surface area contributed by atoms with Gasteiger partial charge in [-0.3, -0.25) is 4.79 Å². The molecule has 10 heteroatoms. The normalized spacial score (nSPS) is 15.3. The van der Waals surface area contributed by atoms with Crippen LogP contribution in [0.1, 0.15) is 34.9 Å². The van der Waals surface area contributed by atoms with E-state index in [1.165, 1.54) is 13.2 Å². The number of hydrogen-bond acceptors (Lipinski definition) is 6. The lowest BCUT2D eigenvalue weighted by atomic mass is 10.0. The fourth-order valence-electron chi connectivity index (χ4n) is 4.05. The van der Waals surface area contributed by atoms with Gasteiger partial charge in [0.05, 0.1) is 19.3 Å². The van der Waals surface area contributed by atoms with Gasteiger partial charge in [0.2, 0.25) is 5.88 Å². The van der Waals surface area contributed by atoms with Gasteiger partial charge in [-0.1, -0.05) is 18.2 Å². The predicted octanol–water partition coefficient (Wildman–Crippen LogP) is 4.29. The quantitative estimate of drug-likeness (QED) is 0.470. The zero-order valence-electron chi connectivity index (χ0n) is 17.8. The van der Waals surface area contributed by atoms with Crippen molar-refractivity contribution in [2.75, 3.05) is 23.9 Å². The predicted molar refractivity (Wildman–Crippen MR) is 125 cm³/mol. The van der Waals surface area contributed by atoms with Gasteiger partial charge in [0.15, 0.2) is 5.65 Å². The summed E-state index contributed by atoms with van der Waals surface area (Å²) in [5.41, 5.74) is 2.15. The molecule has 1 saturated heterocycles. The summed E-state index contributed by atoms with van der Waals surface area (Å²) in [7, 11) is 1.50. The molecule has 0 radical (unpaired) electrons. The monoisotopic (exact) mass is 468 g/mol. The van der Waals surface area contributed by atoms with Crippen molar-refractivity contribution in [3.05, 3.63) is 78.0 Å². The number of hydrogen-bond donors (Lipinski definition) is 1. The fraction of sp³-hybridized carbons (Fsp3) is 0.217. The van der Waals surface area contributed by atoms with Crippen LogP contribution in [-0.2, 0) is 0 Å². The van der Waals surface area contributed by atoms with Crippen LogP contribution in [0.2, 0.25) is 0 Å². The molecule has 0 spiro atoms. The van der Waals surface area contributed by atoms with Gasteiger partial charge in [0.1, 0.15) is 23.0 Å². The summed E-state index contributed by atoms with van der Waals surface area (Å²) < 4.78 is 20.5. The van der Waals surface area contributed by atoms with E-state index in [0.717, 1.165) is 30.8 Å². The van der Waals surface area contributed by atoms with E-state index in [4.69, 9.17) is 9.72 Å². The molecule has 1 N–H and O–H groups in total. The molecule has 1 amide bonds. The van der Waals surface area contributed by atoms with Crippen LogP contribution in [0, 0.1) is 5.82 Å². The molecular formula is C23H22ClFN6O2. The van der Waals surface area contributed by atoms with Gasteiger partial charge in [0.25, 0.3) is 5.91 Å². The average molecular weight is 469 g/mol. The molecule has 0 bridgehead atoms. The second-order valence-electron chi connectivity index (χ2n) is 7.54. The van der Waals surface area contributed by atoms with Crippen LogP contribution in [0.3, 0.4) is 0 Å². The van der Waals surface area contributed by atoms with Crippen LogP contribution in [0.4, 0.5) is 15.9 Å². The van der Waals surface area contributed by atoms with Crippen molar-refractivity contribution in [2.24, 2.45) is 0 Å². The summed E-state index contributed by atoms with van der Waals surface area (Å²) in [6.45, 7) is 0.813. The van der Waals surface area contributed by atoms with E-state index < -0.39 is 0 Å². The minimum absolute atomic E-state index is 0. The minimum atomic E-state index is -0.384. The van der Waals surface area contributed by atoms with Crippen molar-refractivity contribution in [3.8, 4) is 5.88 Å². The smallest absolute Gasteiger partial charge is 0.274 e. The van der Waals surface area contributed by atoms with E-state index in [1.807, 2.05) is 12.1 Å². The molecule has 1 aliphatic heterocycles. The number of pyridine rings is 1. The van der Waals surface area contributed by atoms with Crippen molar-refractivity contribution < 1.29 is 13.9 Å². The Bertz CT molecular complexity index is 1300. The Morgan fingerprint density at radius 2 is 2.03 bits per heavy atom. The number of rotatable bonds is 5.